The van der Waals surface area contributed by atoms with Crippen LogP contribution in [-0.4, -0.2) is 33.0 Å². The van der Waals surface area contributed by atoms with Gasteiger partial charge < -0.3 is 5.32 Å². The zero-order valence-corrected chi connectivity index (χ0v) is 22.5. The number of hydrogen-bond acceptors (Lipinski definition) is 6. The van der Waals surface area contributed by atoms with E-state index in [0.29, 0.717) is 27.6 Å². The molecule has 0 fully saturated rings. The summed E-state index contributed by atoms with van der Waals surface area (Å²) >= 11 is 4.38. The molecule has 13 heteroatoms. The van der Waals surface area contributed by atoms with Gasteiger partial charge in [-0.3, -0.25) is 19.3 Å². The van der Waals surface area contributed by atoms with Gasteiger partial charge >= 0.3 is 6.18 Å². The number of carbonyl (C=O) groups is 2. The predicted molar refractivity (Wildman–Crippen MR) is 147 cm³/mol. The van der Waals surface area contributed by atoms with Crippen molar-refractivity contribution in [1.29, 1.82) is 0 Å². The van der Waals surface area contributed by atoms with Crippen molar-refractivity contribution in [3.05, 3.63) is 103 Å². The molecule has 0 bridgehead atoms. The average Bonchev–Trinajstić information content (AvgIpc) is 3.55. The summed E-state index contributed by atoms with van der Waals surface area (Å²) in [6.45, 7) is -0.474. The highest BCUT2D eigenvalue weighted by Gasteiger charge is 2.36. The van der Waals surface area contributed by atoms with Gasteiger partial charge in [-0.25, -0.2) is 0 Å². The molecule has 1 aliphatic heterocycles. The highest BCUT2D eigenvalue weighted by atomic mass is 79.9. The van der Waals surface area contributed by atoms with E-state index in [1.54, 1.807) is 24.3 Å². The summed E-state index contributed by atoms with van der Waals surface area (Å²) in [6.07, 6.45) is -4.57. The van der Waals surface area contributed by atoms with Gasteiger partial charge in [0.2, 0.25) is 10.9 Å². The molecule has 5 aromatic rings. The SMILES string of the molecule is O=C(CN1C(=O)/C(=c2\sc3nc(-c4ccc(Br)cc4)nn3c2=O)c2ccccc21)Nc1cccc(C(F)(F)F)c1. The van der Waals surface area contributed by atoms with Crippen LogP contribution in [0.4, 0.5) is 24.5 Å². The van der Waals surface area contributed by atoms with E-state index in [1.165, 1.54) is 17.0 Å². The summed E-state index contributed by atoms with van der Waals surface area (Å²) in [6, 6.07) is 18.2. The number of halogens is 4. The minimum absolute atomic E-state index is 0.0575. The Bertz CT molecular complexity index is 1940. The molecule has 1 aliphatic rings. The molecule has 3 heterocycles. The number of alkyl halides is 3. The normalized spacial score (nSPS) is 14.6. The lowest BCUT2D eigenvalue weighted by molar-refractivity contribution is -0.137. The van der Waals surface area contributed by atoms with Gasteiger partial charge in [0.25, 0.3) is 11.5 Å². The number of hydrogen-bond donors (Lipinski definition) is 1. The lowest BCUT2D eigenvalue weighted by Gasteiger charge is -2.17. The third kappa shape index (κ3) is 4.56. The molecule has 0 saturated carbocycles. The Labute approximate surface area is 235 Å². The van der Waals surface area contributed by atoms with Gasteiger partial charge in [0, 0.05) is 21.3 Å². The Morgan fingerprint density at radius 3 is 2.48 bits per heavy atom. The number of thiazole rings is 1. The van der Waals surface area contributed by atoms with Crippen molar-refractivity contribution in [2.24, 2.45) is 0 Å². The Kier molecular flexibility index (Phi) is 6.27. The summed E-state index contributed by atoms with van der Waals surface area (Å²) in [7, 11) is 0. The first-order valence-electron chi connectivity index (χ1n) is 11.7. The fourth-order valence-electron chi connectivity index (χ4n) is 4.38. The zero-order valence-electron chi connectivity index (χ0n) is 20.1. The number of para-hydroxylation sites is 1. The molecule has 0 aliphatic carbocycles. The molecular weight excluding hydrogens is 611 g/mol. The number of rotatable bonds is 4. The van der Waals surface area contributed by atoms with Gasteiger partial charge in [-0.15, -0.1) is 5.10 Å². The van der Waals surface area contributed by atoms with Crippen molar-refractivity contribution >= 4 is 61.0 Å². The van der Waals surface area contributed by atoms with Crippen molar-refractivity contribution in [2.75, 3.05) is 16.8 Å². The first-order chi connectivity index (χ1) is 19.1. The molecular formula is C27H15BrF3N5O3S. The standard InChI is InChI=1S/C27H15BrF3N5O3S/c28-16-10-8-14(9-11-16)23-33-26-36(34-23)25(39)22(40-26)21-18-6-1-2-7-19(18)35(24(21)38)13-20(37)32-17-5-3-4-15(12-17)27(29,30)31/h1-12H,13H2,(H,32,37)/b22-21-. The second kappa shape index (κ2) is 9.68. The molecule has 2 amide bonds. The summed E-state index contributed by atoms with van der Waals surface area (Å²) in [5.41, 5.74) is 0.181. The van der Waals surface area contributed by atoms with Crippen molar-refractivity contribution in [2.45, 2.75) is 6.18 Å². The fourth-order valence-corrected chi connectivity index (χ4v) is 5.64. The van der Waals surface area contributed by atoms with Crippen molar-refractivity contribution in [3.63, 3.8) is 0 Å². The van der Waals surface area contributed by atoms with Gasteiger partial charge in [0.1, 0.15) is 11.1 Å². The number of aromatic nitrogens is 3. The van der Waals surface area contributed by atoms with E-state index in [2.05, 4.69) is 31.3 Å². The molecule has 0 radical (unpaired) electrons. The number of benzene rings is 3. The van der Waals surface area contributed by atoms with Gasteiger partial charge in [0.15, 0.2) is 5.82 Å². The second-order valence-corrected chi connectivity index (χ2v) is 10.7. The lowest BCUT2D eigenvalue weighted by atomic mass is 10.1. The number of nitrogens with zero attached hydrogens (tertiary/aromatic N) is 4. The van der Waals surface area contributed by atoms with Gasteiger partial charge in [-0.05, 0) is 36.4 Å². The number of amides is 2. The van der Waals surface area contributed by atoms with E-state index in [9.17, 15) is 27.6 Å². The highest BCUT2D eigenvalue weighted by Crippen LogP contribution is 2.35. The summed E-state index contributed by atoms with van der Waals surface area (Å²) < 4.78 is 41.3. The van der Waals surface area contributed by atoms with Crippen LogP contribution in [0.25, 0.3) is 21.9 Å². The van der Waals surface area contributed by atoms with E-state index in [4.69, 9.17) is 0 Å². The molecule has 6 rings (SSSR count). The van der Waals surface area contributed by atoms with E-state index < -0.39 is 35.7 Å². The quantitative estimate of drug-likeness (QED) is 0.317. The van der Waals surface area contributed by atoms with Gasteiger partial charge in [0.05, 0.1) is 16.8 Å². The monoisotopic (exact) mass is 625 g/mol. The molecule has 0 atom stereocenters. The lowest BCUT2D eigenvalue weighted by Crippen LogP contribution is -2.37. The van der Waals surface area contributed by atoms with Crippen molar-refractivity contribution in [1.82, 2.24) is 14.6 Å². The van der Waals surface area contributed by atoms with Crippen LogP contribution in [0, 0.1) is 0 Å². The molecule has 0 unspecified atom stereocenters. The third-order valence-corrected chi connectivity index (χ3v) is 7.74. The Balaban J connectivity index is 1.34. The Morgan fingerprint density at radius 1 is 1.00 bits per heavy atom. The topological polar surface area (TPSA) is 96.7 Å². The first-order valence-corrected chi connectivity index (χ1v) is 13.3. The molecule has 2 aromatic heterocycles. The maximum atomic E-state index is 13.6. The molecule has 0 spiro atoms. The van der Waals surface area contributed by atoms with Crippen LogP contribution in [0.5, 0.6) is 0 Å². The van der Waals surface area contributed by atoms with E-state index in [-0.39, 0.29) is 15.8 Å². The zero-order chi connectivity index (χ0) is 28.2. The van der Waals surface area contributed by atoms with Crippen LogP contribution in [-0.2, 0) is 15.8 Å². The van der Waals surface area contributed by atoms with Crippen molar-refractivity contribution < 1.29 is 22.8 Å². The number of nitrogens with one attached hydrogen (secondary N) is 1. The maximum Gasteiger partial charge on any atom is 0.416 e. The number of fused-ring (bicyclic) bond motifs is 2. The maximum absolute atomic E-state index is 13.6. The van der Waals surface area contributed by atoms with Crippen LogP contribution < -0.4 is 20.3 Å². The predicted octanol–water partition coefficient (Wildman–Crippen LogP) is 4.50. The minimum atomic E-state index is -4.57. The summed E-state index contributed by atoms with van der Waals surface area (Å²) in [5, 5.41) is 6.74. The van der Waals surface area contributed by atoms with Crippen LogP contribution in [0.2, 0.25) is 0 Å². The number of carbonyl (C=O) groups excluding carboxylic acids is 2. The Morgan fingerprint density at radius 2 is 1.75 bits per heavy atom. The molecule has 200 valence electrons. The van der Waals surface area contributed by atoms with Crippen LogP contribution in [0.3, 0.4) is 0 Å². The average molecular weight is 626 g/mol. The molecule has 1 N–H and O–H groups in total. The van der Waals surface area contributed by atoms with E-state index in [0.717, 1.165) is 32.5 Å². The highest BCUT2D eigenvalue weighted by molar-refractivity contribution is 9.10. The van der Waals surface area contributed by atoms with Crippen molar-refractivity contribution in [3.8, 4) is 11.4 Å². The van der Waals surface area contributed by atoms with Crippen LogP contribution >= 0.6 is 27.3 Å². The third-order valence-electron chi connectivity index (χ3n) is 6.19. The van der Waals surface area contributed by atoms with Crippen LogP contribution in [0.1, 0.15) is 11.1 Å². The van der Waals surface area contributed by atoms with E-state index in [1.807, 2.05) is 24.3 Å². The minimum Gasteiger partial charge on any atom is -0.325 e. The van der Waals surface area contributed by atoms with Gasteiger partial charge in [-0.1, -0.05) is 63.7 Å². The summed E-state index contributed by atoms with van der Waals surface area (Å²) in [4.78, 5) is 45.7. The first kappa shape index (κ1) is 25.9. The van der Waals surface area contributed by atoms with E-state index >= 15 is 0 Å². The second-order valence-electron chi connectivity index (χ2n) is 8.78. The molecule has 8 nitrogen and oxygen atoms in total. The molecule has 0 saturated heterocycles. The molecule has 3 aromatic carbocycles. The fraction of sp³-hybridized carbons (Fsp3) is 0.0741. The Hall–Kier alpha value is -4.36. The largest absolute Gasteiger partial charge is 0.416 e. The number of anilines is 2. The van der Waals surface area contributed by atoms with Crippen LogP contribution in [0.15, 0.2) is 82.1 Å². The molecule has 40 heavy (non-hydrogen) atoms. The van der Waals surface area contributed by atoms with Gasteiger partial charge in [-0.2, -0.15) is 22.7 Å². The summed E-state index contributed by atoms with van der Waals surface area (Å²) in [5.74, 6) is -0.929. The smallest absolute Gasteiger partial charge is 0.325 e.